The van der Waals surface area contributed by atoms with Crippen molar-refractivity contribution in [3.8, 4) is 5.75 Å². The van der Waals surface area contributed by atoms with Gasteiger partial charge < -0.3 is 15.3 Å². The van der Waals surface area contributed by atoms with Gasteiger partial charge in [-0.3, -0.25) is 9.78 Å². The van der Waals surface area contributed by atoms with Crippen LogP contribution < -0.4 is 5.32 Å². The second-order valence-corrected chi connectivity index (χ2v) is 8.15. The van der Waals surface area contributed by atoms with Crippen molar-refractivity contribution in [2.24, 2.45) is 5.92 Å². The van der Waals surface area contributed by atoms with Gasteiger partial charge >= 0.3 is 0 Å². The Morgan fingerprint density at radius 1 is 1.18 bits per heavy atom. The Balaban J connectivity index is 1.54. The molecule has 1 aliphatic carbocycles. The average Bonchev–Trinajstić information content (AvgIpc) is 3.50. The molecule has 0 saturated heterocycles. The first-order chi connectivity index (χ1) is 13.5. The van der Waals surface area contributed by atoms with Crippen molar-refractivity contribution in [2.75, 3.05) is 20.6 Å². The number of likely N-dealkylation sites (N-methyl/N-ethyl adjacent to an activating group) is 1. The number of phenolic OH excluding ortho intramolecular Hbond substituents is 1. The number of nitrogens with zero attached hydrogens (tertiary/aromatic N) is 2. The van der Waals surface area contributed by atoms with Crippen molar-refractivity contribution in [3.05, 3.63) is 59.9 Å². The molecule has 1 saturated carbocycles. The summed E-state index contributed by atoms with van der Waals surface area (Å²) in [5.41, 5.74) is 2.36. The molecule has 5 nitrogen and oxygen atoms in total. The van der Waals surface area contributed by atoms with Crippen LogP contribution in [0.1, 0.15) is 42.7 Å². The Morgan fingerprint density at radius 2 is 1.86 bits per heavy atom. The summed E-state index contributed by atoms with van der Waals surface area (Å²) in [5, 5.41) is 12.6. The van der Waals surface area contributed by atoms with Gasteiger partial charge in [-0.25, -0.2) is 0 Å². The van der Waals surface area contributed by atoms with E-state index in [-0.39, 0.29) is 23.6 Å². The van der Waals surface area contributed by atoms with Crippen molar-refractivity contribution in [1.82, 2.24) is 15.2 Å². The number of nitrogens with one attached hydrogen (secondary N) is 1. The molecule has 0 bridgehead atoms. The predicted octanol–water partition coefficient (Wildman–Crippen LogP) is 3.35. The Kier molecular flexibility index (Phi) is 7.04. The third-order valence-corrected chi connectivity index (χ3v) is 5.60. The minimum Gasteiger partial charge on any atom is -0.508 e. The summed E-state index contributed by atoms with van der Waals surface area (Å²) in [5.74, 6) is 1.43. The van der Waals surface area contributed by atoms with Gasteiger partial charge in [-0.05, 0) is 74.2 Å². The smallest absolute Gasteiger partial charge is 0.220 e. The molecule has 1 heterocycles. The standard InChI is InChI=1S/C23H31N3O2/c1-26(2)21(14-18-5-7-22(27)8-6-18)16-25-23(28)15-20(13-17-3-4-17)19-9-11-24-12-10-19/h5-12,17,20-21,27H,3-4,13-16H2,1-2H3,(H,25,28)/t20-,21+/m1/s1. The molecular formula is C23H31N3O2. The van der Waals surface area contributed by atoms with Gasteiger partial charge in [0.1, 0.15) is 5.75 Å². The molecular weight excluding hydrogens is 350 g/mol. The van der Waals surface area contributed by atoms with E-state index in [1.165, 1.54) is 18.4 Å². The summed E-state index contributed by atoms with van der Waals surface area (Å²) < 4.78 is 0. The maximum absolute atomic E-state index is 12.7. The Bertz CT molecular complexity index is 742. The van der Waals surface area contributed by atoms with Crippen molar-refractivity contribution >= 4 is 5.91 Å². The summed E-state index contributed by atoms with van der Waals surface area (Å²) in [6, 6.07) is 11.6. The molecule has 1 aromatic carbocycles. The van der Waals surface area contributed by atoms with Crippen molar-refractivity contribution in [1.29, 1.82) is 0 Å². The zero-order valence-corrected chi connectivity index (χ0v) is 16.8. The summed E-state index contributed by atoms with van der Waals surface area (Å²) in [6.45, 7) is 0.610. The largest absolute Gasteiger partial charge is 0.508 e. The number of aromatic nitrogens is 1. The van der Waals surface area contributed by atoms with Crippen LogP contribution in [0.2, 0.25) is 0 Å². The van der Waals surface area contributed by atoms with Crippen LogP contribution in [0, 0.1) is 5.92 Å². The van der Waals surface area contributed by atoms with Crippen LogP contribution in [-0.2, 0) is 11.2 Å². The number of rotatable bonds is 10. The van der Waals surface area contributed by atoms with Crippen LogP contribution in [0.15, 0.2) is 48.8 Å². The molecule has 150 valence electrons. The number of benzene rings is 1. The summed E-state index contributed by atoms with van der Waals surface area (Å²) in [6.07, 6.45) is 8.64. The number of aromatic hydroxyl groups is 1. The van der Waals surface area contributed by atoms with Crippen molar-refractivity contribution in [2.45, 2.75) is 44.1 Å². The fourth-order valence-electron chi connectivity index (χ4n) is 3.60. The van der Waals surface area contributed by atoms with E-state index >= 15 is 0 Å². The highest BCUT2D eigenvalue weighted by molar-refractivity contribution is 5.76. The quantitative estimate of drug-likeness (QED) is 0.662. The molecule has 28 heavy (non-hydrogen) atoms. The highest BCUT2D eigenvalue weighted by atomic mass is 16.3. The van der Waals surface area contributed by atoms with Gasteiger partial charge in [-0.1, -0.05) is 25.0 Å². The molecule has 1 fully saturated rings. The molecule has 2 atom stereocenters. The summed E-state index contributed by atoms with van der Waals surface area (Å²) in [4.78, 5) is 18.9. The predicted molar refractivity (Wildman–Crippen MR) is 111 cm³/mol. The third kappa shape index (κ3) is 6.34. The topological polar surface area (TPSA) is 65.5 Å². The van der Waals surface area contributed by atoms with Gasteiger partial charge in [0.2, 0.25) is 5.91 Å². The van der Waals surface area contributed by atoms with E-state index < -0.39 is 0 Å². The monoisotopic (exact) mass is 381 g/mol. The molecule has 0 spiro atoms. The van der Waals surface area contributed by atoms with Crippen LogP contribution in [0.3, 0.4) is 0 Å². The Morgan fingerprint density at radius 3 is 2.46 bits per heavy atom. The normalized spacial score (nSPS) is 16.0. The van der Waals surface area contributed by atoms with Gasteiger partial charge in [-0.2, -0.15) is 0 Å². The number of amides is 1. The molecule has 1 aromatic heterocycles. The van der Waals surface area contributed by atoms with E-state index in [4.69, 9.17) is 0 Å². The highest BCUT2D eigenvalue weighted by Crippen LogP contribution is 2.39. The maximum atomic E-state index is 12.7. The lowest BCUT2D eigenvalue weighted by Gasteiger charge is -2.25. The van der Waals surface area contributed by atoms with E-state index in [9.17, 15) is 9.90 Å². The molecule has 0 unspecified atom stereocenters. The van der Waals surface area contributed by atoms with E-state index in [2.05, 4.69) is 15.2 Å². The highest BCUT2D eigenvalue weighted by Gasteiger charge is 2.27. The van der Waals surface area contributed by atoms with Gasteiger partial charge in [0.05, 0.1) is 0 Å². The number of pyridine rings is 1. The lowest BCUT2D eigenvalue weighted by Crippen LogP contribution is -2.41. The van der Waals surface area contributed by atoms with Crippen molar-refractivity contribution < 1.29 is 9.90 Å². The minimum absolute atomic E-state index is 0.111. The number of carbonyl (C=O) groups excluding carboxylic acids is 1. The molecule has 3 rings (SSSR count). The number of hydrogen-bond donors (Lipinski definition) is 2. The fourth-order valence-corrected chi connectivity index (χ4v) is 3.60. The van der Waals surface area contributed by atoms with E-state index in [1.807, 2.05) is 50.8 Å². The molecule has 1 amide bonds. The summed E-state index contributed by atoms with van der Waals surface area (Å²) in [7, 11) is 4.06. The zero-order chi connectivity index (χ0) is 19.9. The average molecular weight is 382 g/mol. The maximum Gasteiger partial charge on any atom is 0.220 e. The first kappa shape index (κ1) is 20.3. The Labute approximate surface area is 167 Å². The van der Waals surface area contributed by atoms with E-state index in [0.29, 0.717) is 13.0 Å². The van der Waals surface area contributed by atoms with E-state index in [0.717, 1.165) is 24.3 Å². The molecule has 2 N–H and O–H groups in total. The van der Waals surface area contributed by atoms with Crippen LogP contribution >= 0.6 is 0 Å². The van der Waals surface area contributed by atoms with Crippen LogP contribution in [0.5, 0.6) is 5.75 Å². The third-order valence-electron chi connectivity index (χ3n) is 5.60. The second-order valence-electron chi connectivity index (χ2n) is 8.15. The van der Waals surface area contributed by atoms with Crippen LogP contribution in [0.4, 0.5) is 0 Å². The molecule has 0 radical (unpaired) electrons. The number of carbonyl (C=O) groups is 1. The lowest BCUT2D eigenvalue weighted by atomic mass is 9.91. The number of phenols is 1. The first-order valence-electron chi connectivity index (χ1n) is 10.1. The Hall–Kier alpha value is -2.40. The first-order valence-corrected chi connectivity index (χ1v) is 10.1. The fraction of sp³-hybridized carbons (Fsp3) is 0.478. The van der Waals surface area contributed by atoms with Gasteiger partial charge in [0.15, 0.2) is 0 Å². The van der Waals surface area contributed by atoms with Gasteiger partial charge in [-0.15, -0.1) is 0 Å². The van der Waals surface area contributed by atoms with Crippen LogP contribution in [0.25, 0.3) is 0 Å². The molecule has 2 aromatic rings. The zero-order valence-electron chi connectivity index (χ0n) is 16.8. The van der Waals surface area contributed by atoms with Crippen LogP contribution in [-0.4, -0.2) is 47.6 Å². The van der Waals surface area contributed by atoms with Gasteiger partial charge in [0.25, 0.3) is 0 Å². The molecule has 1 aliphatic rings. The van der Waals surface area contributed by atoms with Crippen molar-refractivity contribution in [3.63, 3.8) is 0 Å². The molecule has 0 aliphatic heterocycles. The van der Waals surface area contributed by atoms with E-state index in [1.54, 1.807) is 12.1 Å². The summed E-state index contributed by atoms with van der Waals surface area (Å²) >= 11 is 0. The molecule has 5 heteroatoms. The lowest BCUT2D eigenvalue weighted by molar-refractivity contribution is -0.121. The van der Waals surface area contributed by atoms with Gasteiger partial charge in [0, 0.05) is 31.4 Å². The number of hydrogen-bond acceptors (Lipinski definition) is 4. The minimum atomic E-state index is 0.111. The SMILES string of the molecule is CN(C)[C@H](CNC(=O)C[C@@H](CC1CC1)c1ccncc1)Cc1ccc(O)cc1. The second kappa shape index (κ2) is 9.69.